The Morgan fingerprint density at radius 1 is 0.857 bits per heavy atom. The molecule has 0 aromatic carbocycles. The normalized spacial score (nSPS) is 21.1. The second-order valence-corrected chi connectivity index (χ2v) is 11.3. The van der Waals surface area contributed by atoms with Crippen LogP contribution in [-0.2, 0) is 29.1 Å². The number of hydrogen-bond acceptors (Lipinski definition) is 6. The predicted octanol–water partition coefficient (Wildman–Crippen LogP) is 7.59. The number of carbonyl (C=O) groups is 2. The maximum absolute atomic E-state index is 12.8. The number of carbonyl (C=O) groups excluding carboxylic acids is 2. The molecule has 6 heteroatoms. The van der Waals surface area contributed by atoms with Crippen LogP contribution >= 0.6 is 0 Å². The number of hydrogen-bond donors (Lipinski definition) is 0. The first-order chi connectivity index (χ1) is 16.4. The summed E-state index contributed by atoms with van der Waals surface area (Å²) in [5.41, 5.74) is -1.02. The van der Waals surface area contributed by atoms with Gasteiger partial charge in [-0.3, -0.25) is 9.78 Å². The van der Waals surface area contributed by atoms with E-state index in [9.17, 15) is 9.59 Å². The summed E-state index contributed by atoms with van der Waals surface area (Å²) >= 11 is 0. The van der Waals surface area contributed by atoms with Crippen molar-refractivity contribution in [3.63, 3.8) is 0 Å². The van der Waals surface area contributed by atoms with Gasteiger partial charge in [0.05, 0.1) is 5.92 Å². The van der Waals surface area contributed by atoms with Crippen LogP contribution in [0.2, 0.25) is 0 Å². The van der Waals surface area contributed by atoms with Gasteiger partial charge in [-0.15, -0.1) is 0 Å². The van der Waals surface area contributed by atoms with E-state index in [-0.39, 0.29) is 23.8 Å². The highest BCUT2D eigenvalue weighted by Gasteiger charge is 2.33. The first-order valence-electron chi connectivity index (χ1n) is 13.2. The molecule has 0 N–H and O–H groups in total. The van der Waals surface area contributed by atoms with E-state index in [4.69, 9.17) is 19.6 Å². The van der Waals surface area contributed by atoms with Crippen molar-refractivity contribution in [3.8, 4) is 0 Å². The molecule has 3 atom stereocenters. The van der Waals surface area contributed by atoms with E-state index in [1.54, 1.807) is 0 Å². The van der Waals surface area contributed by atoms with Gasteiger partial charge in [-0.05, 0) is 73.1 Å². The molecule has 1 aliphatic carbocycles. The Morgan fingerprint density at radius 2 is 1.49 bits per heavy atom. The van der Waals surface area contributed by atoms with Gasteiger partial charge in [-0.2, -0.15) is 9.78 Å². The van der Waals surface area contributed by atoms with Gasteiger partial charge in [0, 0.05) is 12.3 Å². The molecule has 0 aliphatic heterocycles. The molecule has 35 heavy (non-hydrogen) atoms. The van der Waals surface area contributed by atoms with E-state index in [0.29, 0.717) is 12.3 Å². The van der Waals surface area contributed by atoms with Crippen LogP contribution in [-0.4, -0.2) is 23.1 Å². The predicted molar refractivity (Wildman–Crippen MR) is 139 cm³/mol. The smallest absolute Gasteiger partial charge is 0.298 e. The van der Waals surface area contributed by atoms with Crippen molar-refractivity contribution in [2.45, 2.75) is 117 Å². The summed E-state index contributed by atoms with van der Waals surface area (Å²) < 4.78 is 0. The van der Waals surface area contributed by atoms with Crippen molar-refractivity contribution in [2.24, 2.45) is 17.8 Å². The average molecular weight is 493 g/mol. The quantitative estimate of drug-likeness (QED) is 0.0817. The summed E-state index contributed by atoms with van der Waals surface area (Å²) in [4.78, 5) is 44.9. The third kappa shape index (κ3) is 15.6. The van der Waals surface area contributed by atoms with E-state index in [1.807, 2.05) is 53.7 Å². The molecule has 0 heterocycles. The van der Waals surface area contributed by atoms with Crippen molar-refractivity contribution in [1.29, 1.82) is 0 Å². The summed E-state index contributed by atoms with van der Waals surface area (Å²) in [7, 11) is 0. The highest BCUT2D eigenvalue weighted by molar-refractivity contribution is 5.73. The minimum atomic E-state index is -0.537. The average Bonchev–Trinajstić information content (AvgIpc) is 2.77. The second-order valence-electron chi connectivity index (χ2n) is 11.3. The molecule has 1 rings (SSSR count). The second kappa shape index (κ2) is 15.9. The molecule has 0 fully saturated rings. The molecule has 3 unspecified atom stereocenters. The molecule has 0 amide bonds. The van der Waals surface area contributed by atoms with Crippen LogP contribution in [0.4, 0.5) is 0 Å². The first kappa shape index (κ1) is 31.1. The molecular formula is C29H48O6. The molecule has 0 bridgehead atoms. The van der Waals surface area contributed by atoms with E-state index < -0.39 is 11.2 Å². The molecule has 0 radical (unpaired) electrons. The number of allylic oxidation sites excluding steroid dienone is 6. The van der Waals surface area contributed by atoms with Crippen LogP contribution in [0.15, 0.2) is 36.5 Å². The SMILES string of the molecule is CCC=CC=CC1C=CC(CCCCCCCC(=O)OOC(C)(C)C)CC1C(=O)OOC(C)(C)C. The lowest BCUT2D eigenvalue weighted by Gasteiger charge is -2.29. The van der Waals surface area contributed by atoms with Crippen LogP contribution < -0.4 is 0 Å². The summed E-state index contributed by atoms with van der Waals surface area (Å²) in [6.45, 7) is 13.2. The van der Waals surface area contributed by atoms with Crippen molar-refractivity contribution in [1.82, 2.24) is 0 Å². The Bertz CT molecular complexity index is 708. The Morgan fingerprint density at radius 3 is 2.14 bits per heavy atom. The minimum absolute atomic E-state index is 0.00541. The van der Waals surface area contributed by atoms with Crippen molar-refractivity contribution >= 4 is 11.9 Å². The minimum Gasteiger partial charge on any atom is -0.298 e. The lowest BCUT2D eigenvalue weighted by atomic mass is 9.77. The van der Waals surface area contributed by atoms with Crippen molar-refractivity contribution in [2.75, 3.05) is 0 Å². The zero-order chi connectivity index (χ0) is 26.3. The Hall–Kier alpha value is -1.92. The van der Waals surface area contributed by atoms with Crippen LogP contribution in [0.25, 0.3) is 0 Å². The van der Waals surface area contributed by atoms with Gasteiger partial charge >= 0.3 is 11.9 Å². The summed E-state index contributed by atoms with van der Waals surface area (Å²) in [6.07, 6.45) is 20.8. The van der Waals surface area contributed by atoms with Crippen LogP contribution in [0.3, 0.4) is 0 Å². The zero-order valence-corrected chi connectivity index (χ0v) is 23.0. The lowest BCUT2D eigenvalue weighted by molar-refractivity contribution is -0.323. The van der Waals surface area contributed by atoms with Gasteiger partial charge in [-0.25, -0.2) is 9.59 Å². The molecule has 0 aromatic heterocycles. The largest absolute Gasteiger partial charge is 0.346 e. The Balaban J connectivity index is 2.43. The topological polar surface area (TPSA) is 71.1 Å². The van der Waals surface area contributed by atoms with Crippen LogP contribution in [0.5, 0.6) is 0 Å². The molecule has 6 nitrogen and oxygen atoms in total. The maximum atomic E-state index is 12.8. The molecule has 200 valence electrons. The third-order valence-electron chi connectivity index (χ3n) is 5.46. The fourth-order valence-corrected chi connectivity index (χ4v) is 3.70. The molecule has 0 aromatic rings. The summed E-state index contributed by atoms with van der Waals surface area (Å²) in [5, 5.41) is 0. The highest BCUT2D eigenvalue weighted by atomic mass is 17.2. The summed E-state index contributed by atoms with van der Waals surface area (Å²) in [6, 6.07) is 0. The molecular weight excluding hydrogens is 444 g/mol. The third-order valence-corrected chi connectivity index (χ3v) is 5.46. The fourth-order valence-electron chi connectivity index (χ4n) is 3.70. The van der Waals surface area contributed by atoms with Crippen LogP contribution in [0, 0.1) is 17.8 Å². The van der Waals surface area contributed by atoms with Gasteiger partial charge in [0.1, 0.15) is 11.2 Å². The Labute approximate surface area is 213 Å². The van der Waals surface area contributed by atoms with Crippen LogP contribution in [0.1, 0.15) is 106 Å². The maximum Gasteiger partial charge on any atom is 0.346 e. The molecule has 0 saturated heterocycles. The number of rotatable bonds is 14. The van der Waals surface area contributed by atoms with Crippen molar-refractivity contribution < 1.29 is 29.1 Å². The standard InChI is InChI=1S/C29H48O6/c1-8-9-10-15-18-24-21-20-23(22-25(24)27(31)33-35-29(5,6)7)17-14-12-11-13-16-19-26(30)32-34-28(2,3)4/h9-10,15,18,20-21,23-25H,8,11-14,16-17,19,22H2,1-7H3. The Kier molecular flexibility index (Phi) is 14.2. The lowest BCUT2D eigenvalue weighted by Crippen LogP contribution is -2.31. The van der Waals surface area contributed by atoms with Gasteiger partial charge in [-0.1, -0.05) is 69.1 Å². The monoisotopic (exact) mass is 492 g/mol. The van der Waals surface area contributed by atoms with E-state index in [0.717, 1.165) is 51.4 Å². The molecule has 0 saturated carbocycles. The van der Waals surface area contributed by atoms with Gasteiger partial charge < -0.3 is 0 Å². The van der Waals surface area contributed by atoms with Gasteiger partial charge in [0.15, 0.2) is 0 Å². The fraction of sp³-hybridized carbons (Fsp3) is 0.724. The molecule has 1 aliphatic rings. The van der Waals surface area contributed by atoms with E-state index in [2.05, 4.69) is 31.2 Å². The van der Waals surface area contributed by atoms with E-state index >= 15 is 0 Å². The van der Waals surface area contributed by atoms with Gasteiger partial charge in [0.2, 0.25) is 0 Å². The highest BCUT2D eigenvalue weighted by Crippen LogP contribution is 2.33. The number of unbranched alkanes of at least 4 members (excludes halogenated alkanes) is 4. The van der Waals surface area contributed by atoms with Gasteiger partial charge in [0.25, 0.3) is 0 Å². The van der Waals surface area contributed by atoms with E-state index in [1.165, 1.54) is 0 Å². The molecule has 0 spiro atoms. The summed E-state index contributed by atoms with van der Waals surface area (Å²) in [5.74, 6) is -0.506. The zero-order valence-electron chi connectivity index (χ0n) is 23.0. The van der Waals surface area contributed by atoms with Crippen molar-refractivity contribution in [3.05, 3.63) is 36.5 Å². The first-order valence-corrected chi connectivity index (χ1v) is 13.2.